The molecule has 19 heteroatoms. The van der Waals surface area contributed by atoms with Crippen molar-refractivity contribution in [3.8, 4) is 0 Å². The summed E-state index contributed by atoms with van der Waals surface area (Å²) in [5, 5.41) is 35.8. The number of fused-ring (bicyclic) bond motifs is 2. The van der Waals surface area contributed by atoms with E-state index in [0.717, 1.165) is 26.2 Å². The summed E-state index contributed by atoms with van der Waals surface area (Å²) in [6.45, 7) is 3.60. The average Bonchev–Trinajstić information content (AvgIpc) is 3.59. The molecule has 5 heterocycles. The zero-order valence-corrected chi connectivity index (χ0v) is 26.5. The maximum Gasteiger partial charge on any atom is 0.352 e. The fourth-order valence-corrected chi connectivity index (χ4v) is 8.42. The molecule has 2 amide bonds. The number of aliphatic carboxylic acids is 2. The van der Waals surface area contributed by atoms with Gasteiger partial charge < -0.3 is 36.1 Å². The number of hydrogen-bond donors (Lipinski definition) is 5. The fourth-order valence-electron chi connectivity index (χ4n) is 4.30. The first kappa shape index (κ1) is 31.8. The number of carbonyl (C=O) groups is 4. The highest BCUT2D eigenvalue weighted by molar-refractivity contribution is 8.01. The molecule has 0 aromatic carbocycles. The number of aliphatic hydroxyl groups is 1. The van der Waals surface area contributed by atoms with Crippen LogP contribution in [0.2, 0.25) is 0 Å². The number of nitrogen functional groups attached to an aromatic ring is 1. The van der Waals surface area contributed by atoms with E-state index in [9.17, 15) is 34.5 Å². The lowest BCUT2D eigenvalue weighted by molar-refractivity contribution is -0.161. The summed E-state index contributed by atoms with van der Waals surface area (Å²) in [6, 6.07) is -1.07. The molecule has 3 aliphatic heterocycles. The monoisotopic (exact) mass is 681 g/mol. The van der Waals surface area contributed by atoms with Gasteiger partial charge in [0.2, 0.25) is 5.60 Å². The van der Waals surface area contributed by atoms with Gasteiger partial charge in [-0.25, -0.2) is 19.6 Å². The molecular weight excluding hydrogens is 655 g/mol. The first-order valence-corrected chi connectivity index (χ1v) is 16.7. The summed E-state index contributed by atoms with van der Waals surface area (Å²) in [6.07, 6.45) is 3.84. The van der Waals surface area contributed by atoms with Gasteiger partial charge in [0.25, 0.3) is 11.8 Å². The molecule has 1 saturated heterocycles. The van der Waals surface area contributed by atoms with E-state index < -0.39 is 40.8 Å². The fraction of sp³-hybridized carbons (Fsp3) is 0.400. The number of thioether (sulfide) groups is 2. The number of β-amino-alcohol motifs (C(OH)–C–C–N with tert-alkyl or cyclic N) is 1. The standard InChI is InChI=1S/C25H27N7O8S4/c1-25(2,22(38)39)40-30-15(13-10-42-23(26)27-13)18(34)29-16-19(35)32-17(21(36)37)11(8-41-20(16)32)9-43-24-28-12-7-31(5-6-33)4-3-14(12)44-24/h3-4,10,16,20,33H,5-9H2,1-2H3,(H2,26,27)(H,29,34)(H,36,37)(H,38,39)/b30-15-/t16?,20-/m1/s1. The van der Waals surface area contributed by atoms with Gasteiger partial charge in [0.15, 0.2) is 15.2 Å². The number of β-lactam (4-membered cyclic amide) rings is 1. The highest BCUT2D eigenvalue weighted by atomic mass is 32.2. The zero-order valence-electron chi connectivity index (χ0n) is 23.3. The zero-order chi connectivity index (χ0) is 31.8. The topological polar surface area (TPSA) is 221 Å². The minimum atomic E-state index is -1.76. The minimum absolute atomic E-state index is 0.0250. The van der Waals surface area contributed by atoms with Crippen molar-refractivity contribution >= 4 is 86.9 Å². The normalized spacial score (nSPS) is 19.8. The number of hydrogen-bond acceptors (Lipinski definition) is 15. The molecule has 0 spiro atoms. The number of anilines is 1. The number of oxime groups is 1. The van der Waals surface area contributed by atoms with Crippen LogP contribution in [0.25, 0.3) is 6.08 Å². The number of amides is 2. The molecule has 2 aromatic heterocycles. The van der Waals surface area contributed by atoms with Crippen LogP contribution in [0.3, 0.4) is 0 Å². The number of rotatable bonds is 12. The van der Waals surface area contributed by atoms with E-state index >= 15 is 0 Å². The molecule has 15 nitrogen and oxygen atoms in total. The molecule has 0 bridgehead atoms. The highest BCUT2D eigenvalue weighted by Gasteiger charge is 2.54. The van der Waals surface area contributed by atoms with Crippen LogP contribution in [0.4, 0.5) is 5.13 Å². The second-order valence-corrected chi connectivity index (χ2v) is 14.4. The molecule has 0 aliphatic carbocycles. The molecule has 3 aliphatic rings. The van der Waals surface area contributed by atoms with Gasteiger partial charge in [-0.1, -0.05) is 16.9 Å². The molecule has 0 radical (unpaired) electrons. The SMILES string of the molecule is CC(C)(O/N=C(\C(=O)NC1C(=O)N2C(C(=O)O)=C(CSc3nc4c(s3)C=CN(CCO)C4)CS[C@H]12)c1csc(N)n1)C(=O)O. The predicted octanol–water partition coefficient (Wildman–Crippen LogP) is 1.08. The predicted molar refractivity (Wildman–Crippen MR) is 165 cm³/mol. The smallest absolute Gasteiger partial charge is 0.352 e. The van der Waals surface area contributed by atoms with Crippen LogP contribution in [0, 0.1) is 0 Å². The second-order valence-electron chi connectivity index (χ2n) is 10.1. The number of carboxylic acids is 2. The number of nitrogens with zero attached hydrogens (tertiary/aromatic N) is 5. The van der Waals surface area contributed by atoms with Crippen molar-refractivity contribution in [1.29, 1.82) is 0 Å². The van der Waals surface area contributed by atoms with Crippen molar-refractivity contribution < 1.29 is 39.3 Å². The summed E-state index contributed by atoms with van der Waals surface area (Å²) in [7, 11) is 0. The Morgan fingerprint density at radius 3 is 2.73 bits per heavy atom. The summed E-state index contributed by atoms with van der Waals surface area (Å²) in [4.78, 5) is 68.2. The van der Waals surface area contributed by atoms with Gasteiger partial charge in [-0.05, 0) is 25.5 Å². The largest absolute Gasteiger partial charge is 0.478 e. The summed E-state index contributed by atoms with van der Waals surface area (Å²) in [5.74, 6) is -3.44. The van der Waals surface area contributed by atoms with Gasteiger partial charge in [0.05, 0.1) is 23.7 Å². The number of aromatic nitrogens is 2. The first-order chi connectivity index (χ1) is 20.9. The molecule has 0 saturated carbocycles. The molecule has 1 fully saturated rings. The van der Waals surface area contributed by atoms with Gasteiger partial charge >= 0.3 is 11.9 Å². The maximum absolute atomic E-state index is 13.3. The lowest BCUT2D eigenvalue weighted by Gasteiger charge is -2.49. The molecule has 1 unspecified atom stereocenters. The van der Waals surface area contributed by atoms with E-state index in [-0.39, 0.29) is 28.8 Å². The number of nitrogens with two attached hydrogens (primary N) is 1. The number of carbonyl (C=O) groups excluding carboxylic acids is 2. The first-order valence-electron chi connectivity index (χ1n) is 13.0. The number of carboxylic acid groups (broad SMARTS) is 2. The van der Waals surface area contributed by atoms with E-state index in [2.05, 4.69) is 20.4 Å². The third kappa shape index (κ3) is 6.41. The van der Waals surface area contributed by atoms with Crippen LogP contribution < -0.4 is 11.1 Å². The molecule has 2 atom stereocenters. The Bertz CT molecular complexity index is 1600. The number of aliphatic hydroxyl groups excluding tert-OH is 1. The van der Waals surface area contributed by atoms with Crippen molar-refractivity contribution in [2.75, 3.05) is 30.4 Å². The average molecular weight is 682 g/mol. The van der Waals surface area contributed by atoms with Gasteiger partial charge in [0.1, 0.15) is 22.8 Å². The molecule has 5 rings (SSSR count). The lowest BCUT2D eigenvalue weighted by atomic mass is 10.0. The van der Waals surface area contributed by atoms with E-state index in [4.69, 9.17) is 10.6 Å². The Kier molecular flexibility index (Phi) is 9.21. The van der Waals surface area contributed by atoms with Gasteiger partial charge in [0, 0.05) is 29.6 Å². The Morgan fingerprint density at radius 1 is 1.30 bits per heavy atom. The van der Waals surface area contributed by atoms with E-state index in [1.807, 2.05) is 17.2 Å². The summed E-state index contributed by atoms with van der Waals surface area (Å²) in [5.41, 5.74) is 4.89. The molecule has 6 N–H and O–H groups in total. The lowest BCUT2D eigenvalue weighted by Crippen LogP contribution is -2.71. The Hall–Kier alpha value is -3.65. The van der Waals surface area contributed by atoms with Crippen molar-refractivity contribution in [3.63, 3.8) is 0 Å². The van der Waals surface area contributed by atoms with Crippen LogP contribution in [0.1, 0.15) is 30.1 Å². The van der Waals surface area contributed by atoms with Crippen LogP contribution in [-0.2, 0) is 30.6 Å². The Labute approximate surface area is 266 Å². The van der Waals surface area contributed by atoms with Gasteiger partial charge in [-0.15, -0.1) is 34.4 Å². The third-order valence-corrected chi connectivity index (χ3v) is 11.0. The molecule has 234 valence electrons. The summed E-state index contributed by atoms with van der Waals surface area (Å²) < 4.78 is 0.762. The van der Waals surface area contributed by atoms with Crippen LogP contribution in [0.5, 0.6) is 0 Å². The quantitative estimate of drug-likeness (QED) is 0.0916. The van der Waals surface area contributed by atoms with Crippen LogP contribution >= 0.6 is 46.2 Å². The maximum atomic E-state index is 13.3. The Balaban J connectivity index is 1.28. The minimum Gasteiger partial charge on any atom is -0.478 e. The Morgan fingerprint density at radius 2 is 2.07 bits per heavy atom. The van der Waals surface area contributed by atoms with Crippen LogP contribution in [-0.4, -0.2) is 106 Å². The number of nitrogens with one attached hydrogen (secondary N) is 1. The van der Waals surface area contributed by atoms with E-state index in [1.165, 1.54) is 59.0 Å². The summed E-state index contributed by atoms with van der Waals surface area (Å²) >= 11 is 5.21. The van der Waals surface area contributed by atoms with Crippen molar-refractivity contribution in [2.24, 2.45) is 5.16 Å². The van der Waals surface area contributed by atoms with Crippen molar-refractivity contribution in [2.45, 2.75) is 41.7 Å². The van der Waals surface area contributed by atoms with Crippen molar-refractivity contribution in [1.82, 2.24) is 25.1 Å². The van der Waals surface area contributed by atoms with Crippen LogP contribution in [0.15, 0.2) is 32.3 Å². The molecular formula is C25H27N7O8S4. The van der Waals surface area contributed by atoms with E-state index in [1.54, 1.807) is 0 Å². The van der Waals surface area contributed by atoms with E-state index in [0.29, 0.717) is 30.2 Å². The van der Waals surface area contributed by atoms with Gasteiger partial charge in [-0.3, -0.25) is 14.5 Å². The van der Waals surface area contributed by atoms with Gasteiger partial charge in [-0.2, -0.15) is 0 Å². The number of thiazole rings is 2. The third-order valence-electron chi connectivity index (χ3n) is 6.65. The highest BCUT2D eigenvalue weighted by Crippen LogP contribution is 2.42. The second kappa shape index (κ2) is 12.8. The molecule has 44 heavy (non-hydrogen) atoms. The molecule has 2 aromatic rings. The van der Waals surface area contributed by atoms with Crippen molar-refractivity contribution in [3.05, 3.63) is 39.1 Å².